The second-order valence-corrected chi connectivity index (χ2v) is 6.88. The number of carboxylic acid groups (broad SMARTS) is 1. The van der Waals surface area contributed by atoms with Gasteiger partial charge in [0.2, 0.25) is 17.7 Å². The molecule has 1 rings (SSSR count). The van der Waals surface area contributed by atoms with Crippen molar-refractivity contribution in [1.29, 1.82) is 0 Å². The van der Waals surface area contributed by atoms with Gasteiger partial charge in [0, 0.05) is 18.3 Å². The molecule has 3 unspecified atom stereocenters. The summed E-state index contributed by atoms with van der Waals surface area (Å²) in [6.45, 7) is 2.59. The van der Waals surface area contributed by atoms with Gasteiger partial charge < -0.3 is 36.9 Å². The molecule has 12 heteroatoms. The zero-order valence-corrected chi connectivity index (χ0v) is 16.3. The minimum Gasteiger partial charge on any atom is -0.480 e. The number of imidazole rings is 1. The molecule has 12 nitrogen and oxygen atoms in total. The molecule has 1 aromatic rings. The highest BCUT2D eigenvalue weighted by Crippen LogP contribution is 2.07. The number of aliphatic carboxylic acids is 1. The summed E-state index contributed by atoms with van der Waals surface area (Å²) in [6, 6.07) is -3.58. The monoisotopic (exact) mass is 412 g/mol. The van der Waals surface area contributed by atoms with E-state index in [-0.39, 0.29) is 25.3 Å². The quantitative estimate of drug-likeness (QED) is 0.195. The lowest BCUT2D eigenvalue weighted by atomic mass is 10.0. The van der Waals surface area contributed by atoms with Crippen molar-refractivity contribution in [3.8, 4) is 0 Å². The topological polar surface area (TPSA) is 200 Å². The summed E-state index contributed by atoms with van der Waals surface area (Å²) in [5.41, 5.74) is 5.70. The molecule has 29 heavy (non-hydrogen) atoms. The number of amides is 3. The number of aliphatic hydroxyl groups is 1. The molecule has 1 heterocycles. The Morgan fingerprint density at radius 3 is 2.21 bits per heavy atom. The van der Waals surface area contributed by atoms with Gasteiger partial charge in [0.15, 0.2) is 0 Å². The summed E-state index contributed by atoms with van der Waals surface area (Å²) in [6.07, 6.45) is 3.04. The van der Waals surface area contributed by atoms with Crippen LogP contribution < -0.4 is 21.7 Å². The maximum absolute atomic E-state index is 12.7. The van der Waals surface area contributed by atoms with E-state index in [1.807, 2.05) is 13.8 Å². The molecule has 1 aromatic heterocycles. The minimum absolute atomic E-state index is 0.00635. The van der Waals surface area contributed by atoms with Crippen LogP contribution in [0.3, 0.4) is 0 Å². The zero-order chi connectivity index (χ0) is 22.0. The lowest BCUT2D eigenvalue weighted by Crippen LogP contribution is -2.57. The molecule has 0 aliphatic rings. The third-order valence-corrected chi connectivity index (χ3v) is 3.95. The second kappa shape index (κ2) is 11.8. The Hall–Kier alpha value is -2.99. The number of nitrogens with two attached hydrogens (primary N) is 1. The number of nitrogens with zero attached hydrogens (tertiary/aromatic N) is 1. The third kappa shape index (κ3) is 8.27. The number of rotatable bonds is 12. The number of carbonyl (C=O) groups is 4. The van der Waals surface area contributed by atoms with E-state index in [0.29, 0.717) is 5.69 Å². The summed E-state index contributed by atoms with van der Waals surface area (Å²) < 4.78 is 0. The van der Waals surface area contributed by atoms with Gasteiger partial charge in [0.05, 0.1) is 19.5 Å². The fraction of sp³-hybridized carbons (Fsp3) is 0.588. The molecule has 3 atom stereocenters. The SMILES string of the molecule is CC(C)CC(NC(=O)C(CO)NC(=O)CN)C(=O)NC(Cc1cnc[nH]1)C(=O)O. The van der Waals surface area contributed by atoms with Gasteiger partial charge in [0.1, 0.15) is 18.1 Å². The van der Waals surface area contributed by atoms with Crippen LogP contribution in [0.15, 0.2) is 12.5 Å². The average Bonchev–Trinajstić information content (AvgIpc) is 3.17. The van der Waals surface area contributed by atoms with Gasteiger partial charge in [-0.25, -0.2) is 9.78 Å². The molecule has 0 aliphatic heterocycles. The van der Waals surface area contributed by atoms with Crippen molar-refractivity contribution in [2.24, 2.45) is 11.7 Å². The van der Waals surface area contributed by atoms with E-state index in [0.717, 1.165) is 0 Å². The largest absolute Gasteiger partial charge is 0.480 e. The van der Waals surface area contributed by atoms with Crippen LogP contribution in [0.25, 0.3) is 0 Å². The number of carbonyl (C=O) groups excluding carboxylic acids is 3. The Kier molecular flexibility index (Phi) is 9.75. The summed E-state index contributed by atoms with van der Waals surface area (Å²) in [5.74, 6) is -3.37. The molecule has 0 radical (unpaired) electrons. The molecule has 3 amide bonds. The van der Waals surface area contributed by atoms with Crippen LogP contribution in [-0.2, 0) is 25.6 Å². The summed E-state index contributed by atoms with van der Waals surface area (Å²) in [7, 11) is 0. The molecule has 0 saturated carbocycles. The van der Waals surface area contributed by atoms with Crippen LogP contribution in [-0.4, -0.2) is 75.1 Å². The predicted molar refractivity (Wildman–Crippen MR) is 101 cm³/mol. The second-order valence-electron chi connectivity index (χ2n) is 6.88. The normalized spacial score (nSPS) is 14.0. The van der Waals surface area contributed by atoms with Crippen LogP contribution in [0.1, 0.15) is 26.0 Å². The average molecular weight is 412 g/mol. The predicted octanol–water partition coefficient (Wildman–Crippen LogP) is -2.51. The molecule has 8 N–H and O–H groups in total. The number of nitrogens with one attached hydrogen (secondary N) is 4. The lowest BCUT2D eigenvalue weighted by Gasteiger charge is -2.24. The third-order valence-electron chi connectivity index (χ3n) is 3.95. The number of aliphatic hydroxyl groups excluding tert-OH is 1. The number of aromatic nitrogens is 2. The minimum atomic E-state index is -1.28. The smallest absolute Gasteiger partial charge is 0.326 e. The van der Waals surface area contributed by atoms with Gasteiger partial charge in [-0.05, 0) is 12.3 Å². The van der Waals surface area contributed by atoms with E-state index in [1.54, 1.807) is 0 Å². The first kappa shape index (κ1) is 24.0. The molecule has 0 bridgehead atoms. The maximum Gasteiger partial charge on any atom is 0.326 e. The van der Waals surface area contributed by atoms with Gasteiger partial charge in [-0.15, -0.1) is 0 Å². The Morgan fingerprint density at radius 1 is 1.10 bits per heavy atom. The van der Waals surface area contributed by atoms with Crippen LogP contribution in [0, 0.1) is 5.92 Å². The zero-order valence-electron chi connectivity index (χ0n) is 16.3. The molecular formula is C17H28N6O6. The van der Waals surface area contributed by atoms with Crippen LogP contribution in [0.5, 0.6) is 0 Å². The van der Waals surface area contributed by atoms with Crippen molar-refractivity contribution in [3.05, 3.63) is 18.2 Å². The van der Waals surface area contributed by atoms with E-state index < -0.39 is 48.4 Å². The highest BCUT2D eigenvalue weighted by molar-refractivity contribution is 5.93. The van der Waals surface area contributed by atoms with Crippen LogP contribution >= 0.6 is 0 Å². The number of H-pyrrole nitrogens is 1. The van der Waals surface area contributed by atoms with Gasteiger partial charge >= 0.3 is 5.97 Å². The fourth-order valence-corrected chi connectivity index (χ4v) is 2.51. The van der Waals surface area contributed by atoms with Gasteiger partial charge in [-0.2, -0.15) is 0 Å². The number of carboxylic acids is 1. The highest BCUT2D eigenvalue weighted by Gasteiger charge is 2.30. The first-order valence-corrected chi connectivity index (χ1v) is 9.09. The Balaban J connectivity index is 2.85. The van der Waals surface area contributed by atoms with Crippen molar-refractivity contribution in [2.45, 2.75) is 44.8 Å². The number of hydrogen-bond donors (Lipinski definition) is 7. The molecule has 0 fully saturated rings. The number of aromatic amines is 1. The van der Waals surface area contributed by atoms with Gasteiger partial charge in [-0.3, -0.25) is 14.4 Å². The summed E-state index contributed by atoms with van der Waals surface area (Å²) in [4.78, 5) is 54.5. The standard InChI is InChI=1S/C17H28N6O6/c1-9(2)3-11(22-16(27)13(7-24)21-14(25)5-18)15(26)23-12(17(28)29)4-10-6-19-8-20-10/h6,8-9,11-13,24H,3-5,7,18H2,1-2H3,(H,19,20)(H,21,25)(H,22,27)(H,23,26)(H,28,29). The van der Waals surface area contributed by atoms with Gasteiger partial charge in [-0.1, -0.05) is 13.8 Å². The molecule has 162 valence electrons. The van der Waals surface area contributed by atoms with Crippen molar-refractivity contribution in [3.63, 3.8) is 0 Å². The summed E-state index contributed by atoms with van der Waals surface area (Å²) >= 11 is 0. The van der Waals surface area contributed by atoms with Gasteiger partial charge in [0.25, 0.3) is 0 Å². The molecule has 0 aromatic carbocycles. The molecular weight excluding hydrogens is 384 g/mol. The highest BCUT2D eigenvalue weighted by atomic mass is 16.4. The van der Waals surface area contributed by atoms with Crippen molar-refractivity contribution in [1.82, 2.24) is 25.9 Å². The van der Waals surface area contributed by atoms with Crippen molar-refractivity contribution >= 4 is 23.7 Å². The lowest BCUT2D eigenvalue weighted by molar-refractivity contribution is -0.142. The first-order valence-electron chi connectivity index (χ1n) is 9.09. The molecule has 0 saturated heterocycles. The Bertz CT molecular complexity index is 693. The van der Waals surface area contributed by atoms with Crippen molar-refractivity contribution in [2.75, 3.05) is 13.2 Å². The number of hydrogen-bond acceptors (Lipinski definition) is 7. The first-order chi connectivity index (χ1) is 13.7. The van der Waals surface area contributed by atoms with Crippen molar-refractivity contribution < 1.29 is 29.4 Å². The van der Waals surface area contributed by atoms with Crippen LogP contribution in [0.4, 0.5) is 0 Å². The Morgan fingerprint density at radius 2 is 1.72 bits per heavy atom. The van der Waals surface area contributed by atoms with E-state index in [4.69, 9.17) is 5.73 Å². The maximum atomic E-state index is 12.7. The summed E-state index contributed by atoms with van der Waals surface area (Å²) in [5, 5.41) is 25.8. The van der Waals surface area contributed by atoms with E-state index in [2.05, 4.69) is 25.9 Å². The van der Waals surface area contributed by atoms with Crippen LogP contribution in [0.2, 0.25) is 0 Å². The fourth-order valence-electron chi connectivity index (χ4n) is 2.51. The molecule has 0 spiro atoms. The Labute approximate surface area is 167 Å². The molecule has 0 aliphatic carbocycles. The van der Waals surface area contributed by atoms with E-state index in [1.165, 1.54) is 12.5 Å². The van der Waals surface area contributed by atoms with E-state index >= 15 is 0 Å². The van der Waals surface area contributed by atoms with E-state index in [9.17, 15) is 29.4 Å².